The molecule has 3 aromatic rings. The summed E-state index contributed by atoms with van der Waals surface area (Å²) in [6, 6.07) is 24.7. The molecule has 0 aliphatic rings. The maximum Gasteiger partial charge on any atom is 0.306 e. The number of hydrogen-bond acceptors (Lipinski definition) is 2. The van der Waals surface area contributed by atoms with Gasteiger partial charge in [-0.05, 0) is 50.2 Å². The highest BCUT2D eigenvalue weighted by Gasteiger charge is 2.30. The summed E-state index contributed by atoms with van der Waals surface area (Å²) >= 11 is 0. The predicted octanol–water partition coefficient (Wildman–Crippen LogP) is 4.61. The van der Waals surface area contributed by atoms with Crippen LogP contribution in [0.15, 0.2) is 78.9 Å². The van der Waals surface area contributed by atoms with E-state index in [9.17, 15) is 4.57 Å². The minimum Gasteiger partial charge on any atom is -0.437 e. The van der Waals surface area contributed by atoms with Crippen LogP contribution in [0, 0.1) is 13.8 Å². The minimum atomic E-state index is -3.19. The summed E-state index contributed by atoms with van der Waals surface area (Å²) in [5, 5.41) is 1.41. The van der Waals surface area contributed by atoms with Crippen molar-refractivity contribution in [3.05, 3.63) is 90.0 Å². The fourth-order valence-electron chi connectivity index (χ4n) is 2.37. The smallest absolute Gasteiger partial charge is 0.306 e. The zero-order valence-corrected chi connectivity index (χ0v) is 14.2. The van der Waals surface area contributed by atoms with E-state index in [0.29, 0.717) is 16.4 Å². The fraction of sp³-hybridized carbons (Fsp3) is 0.100. The number of benzene rings is 3. The summed E-state index contributed by atoms with van der Waals surface area (Å²) in [5.74, 6) is 0.608. The Morgan fingerprint density at radius 2 is 1.09 bits per heavy atom. The van der Waals surface area contributed by atoms with Gasteiger partial charge in [0.05, 0.1) is 10.6 Å². The van der Waals surface area contributed by atoms with Crippen LogP contribution in [0.1, 0.15) is 11.1 Å². The SMILES string of the molecule is Cc1ccc(P(=O)(Oc2ccccc2)c2ccc(C)cc2)cc1. The molecule has 2 nitrogen and oxygen atoms in total. The van der Waals surface area contributed by atoms with Crippen LogP contribution >= 0.6 is 7.37 Å². The van der Waals surface area contributed by atoms with Crippen LogP contribution in [-0.4, -0.2) is 0 Å². The first-order valence-corrected chi connectivity index (χ1v) is 9.19. The summed E-state index contributed by atoms with van der Waals surface area (Å²) in [4.78, 5) is 0. The second-order valence-corrected chi connectivity index (χ2v) is 7.95. The lowest BCUT2D eigenvalue weighted by Crippen LogP contribution is -2.20. The number of para-hydroxylation sites is 1. The van der Waals surface area contributed by atoms with E-state index in [4.69, 9.17) is 4.52 Å². The van der Waals surface area contributed by atoms with E-state index in [0.717, 1.165) is 11.1 Å². The molecule has 0 unspecified atom stereocenters. The molecule has 3 aromatic carbocycles. The second kappa shape index (κ2) is 6.44. The lowest BCUT2D eigenvalue weighted by molar-refractivity contribution is 0.503. The largest absolute Gasteiger partial charge is 0.437 e. The highest BCUT2D eigenvalue weighted by molar-refractivity contribution is 7.74. The first-order valence-electron chi connectivity index (χ1n) is 7.57. The van der Waals surface area contributed by atoms with Crippen molar-refractivity contribution in [3.63, 3.8) is 0 Å². The number of aryl methyl sites for hydroxylation is 2. The summed E-state index contributed by atoms with van der Waals surface area (Å²) < 4.78 is 19.8. The van der Waals surface area contributed by atoms with Gasteiger partial charge in [0.1, 0.15) is 5.75 Å². The molecule has 0 atom stereocenters. The zero-order chi connectivity index (χ0) is 16.3. The number of hydrogen-bond donors (Lipinski definition) is 0. The van der Waals surface area contributed by atoms with Crippen molar-refractivity contribution in [3.8, 4) is 5.75 Å². The molecule has 3 heteroatoms. The molecule has 0 N–H and O–H groups in total. The Kier molecular flexibility index (Phi) is 4.36. The Labute approximate surface area is 137 Å². The highest BCUT2D eigenvalue weighted by Crippen LogP contribution is 2.45. The molecular formula is C20H19O2P. The van der Waals surface area contributed by atoms with Crippen LogP contribution in [0.25, 0.3) is 0 Å². The lowest BCUT2D eigenvalue weighted by Gasteiger charge is -2.20. The normalized spacial score (nSPS) is 11.2. The molecule has 116 valence electrons. The topological polar surface area (TPSA) is 26.3 Å². The van der Waals surface area contributed by atoms with Crippen molar-refractivity contribution < 1.29 is 9.09 Å². The first kappa shape index (κ1) is 15.6. The minimum absolute atomic E-state index is 0.608. The summed E-state index contributed by atoms with van der Waals surface area (Å²) in [7, 11) is -3.19. The van der Waals surface area contributed by atoms with Crippen molar-refractivity contribution in [2.75, 3.05) is 0 Å². The van der Waals surface area contributed by atoms with Gasteiger partial charge in [0.15, 0.2) is 0 Å². The van der Waals surface area contributed by atoms with E-state index in [1.165, 1.54) is 0 Å². The third kappa shape index (κ3) is 3.38. The monoisotopic (exact) mass is 322 g/mol. The Balaban J connectivity index is 2.10. The van der Waals surface area contributed by atoms with E-state index < -0.39 is 7.37 Å². The zero-order valence-electron chi connectivity index (χ0n) is 13.3. The second-order valence-electron chi connectivity index (χ2n) is 5.63. The highest BCUT2D eigenvalue weighted by atomic mass is 31.2. The molecule has 0 saturated heterocycles. The maximum absolute atomic E-state index is 13.8. The van der Waals surface area contributed by atoms with E-state index in [1.807, 2.05) is 92.7 Å². The van der Waals surface area contributed by atoms with Gasteiger partial charge in [0.2, 0.25) is 0 Å². The van der Waals surface area contributed by atoms with Gasteiger partial charge in [0, 0.05) is 0 Å². The van der Waals surface area contributed by atoms with Crippen LogP contribution in [-0.2, 0) is 4.57 Å². The van der Waals surface area contributed by atoms with E-state index in [2.05, 4.69) is 0 Å². The standard InChI is InChI=1S/C20H19O2P/c1-16-8-12-19(13-9-16)23(21,20-14-10-17(2)11-15-20)22-18-6-4-3-5-7-18/h3-15H,1-2H3. The van der Waals surface area contributed by atoms with Crippen molar-refractivity contribution in [2.24, 2.45) is 0 Å². The van der Waals surface area contributed by atoms with Gasteiger partial charge < -0.3 is 4.52 Å². The van der Waals surface area contributed by atoms with Crippen molar-refractivity contribution in [2.45, 2.75) is 13.8 Å². The third-order valence-corrected chi connectivity index (χ3v) is 6.15. The quantitative estimate of drug-likeness (QED) is 0.656. The Morgan fingerprint density at radius 1 is 0.652 bits per heavy atom. The van der Waals surface area contributed by atoms with Gasteiger partial charge in [-0.1, -0.05) is 53.6 Å². The molecule has 3 rings (SSSR count). The maximum atomic E-state index is 13.8. The summed E-state index contributed by atoms with van der Waals surface area (Å²) in [5.41, 5.74) is 2.26. The Morgan fingerprint density at radius 3 is 1.52 bits per heavy atom. The van der Waals surface area contributed by atoms with Crippen molar-refractivity contribution >= 4 is 18.0 Å². The van der Waals surface area contributed by atoms with Gasteiger partial charge in [-0.2, -0.15) is 0 Å². The van der Waals surface area contributed by atoms with E-state index in [1.54, 1.807) is 0 Å². The Bertz CT molecular complexity index is 772. The molecule has 23 heavy (non-hydrogen) atoms. The molecule has 0 fully saturated rings. The average molecular weight is 322 g/mol. The van der Waals surface area contributed by atoms with Gasteiger partial charge >= 0.3 is 7.37 Å². The molecule has 0 heterocycles. The van der Waals surface area contributed by atoms with Gasteiger partial charge in [-0.15, -0.1) is 0 Å². The van der Waals surface area contributed by atoms with Crippen LogP contribution < -0.4 is 15.1 Å². The molecule has 0 aromatic heterocycles. The van der Waals surface area contributed by atoms with Gasteiger partial charge in [-0.3, -0.25) is 4.57 Å². The molecule has 0 amide bonds. The molecular weight excluding hydrogens is 303 g/mol. The van der Waals surface area contributed by atoms with Gasteiger partial charge in [0.25, 0.3) is 0 Å². The van der Waals surface area contributed by atoms with Crippen LogP contribution in [0.4, 0.5) is 0 Å². The summed E-state index contributed by atoms with van der Waals surface area (Å²) in [6.07, 6.45) is 0. The fourth-order valence-corrected chi connectivity index (χ4v) is 4.38. The van der Waals surface area contributed by atoms with Crippen molar-refractivity contribution in [1.29, 1.82) is 0 Å². The van der Waals surface area contributed by atoms with Crippen LogP contribution in [0.3, 0.4) is 0 Å². The third-order valence-electron chi connectivity index (χ3n) is 3.72. The summed E-state index contributed by atoms with van der Waals surface area (Å²) in [6.45, 7) is 4.03. The molecule has 0 aliphatic carbocycles. The molecule has 0 saturated carbocycles. The van der Waals surface area contributed by atoms with Crippen LogP contribution in [0.2, 0.25) is 0 Å². The van der Waals surface area contributed by atoms with Crippen molar-refractivity contribution in [1.82, 2.24) is 0 Å². The molecule has 0 spiro atoms. The van der Waals surface area contributed by atoms with E-state index in [-0.39, 0.29) is 0 Å². The average Bonchev–Trinajstić information content (AvgIpc) is 2.57. The number of rotatable bonds is 4. The Hall–Kier alpha value is -2.31. The van der Waals surface area contributed by atoms with Crippen LogP contribution in [0.5, 0.6) is 5.75 Å². The van der Waals surface area contributed by atoms with Gasteiger partial charge in [-0.25, -0.2) is 0 Å². The predicted molar refractivity (Wildman–Crippen MR) is 96.3 cm³/mol. The molecule has 0 bridgehead atoms. The molecule has 0 aliphatic heterocycles. The molecule has 0 radical (unpaired) electrons. The lowest BCUT2D eigenvalue weighted by atomic mass is 10.2. The van der Waals surface area contributed by atoms with E-state index >= 15 is 0 Å². The first-order chi connectivity index (χ1) is 11.1.